The van der Waals surface area contributed by atoms with Gasteiger partial charge in [0, 0.05) is 38.8 Å². The van der Waals surface area contributed by atoms with Gasteiger partial charge >= 0.3 is 0 Å². The number of aromatic nitrogens is 5. The highest BCUT2D eigenvalue weighted by atomic mass is 15.0. The minimum Gasteiger partial charge on any atom is -0.228 e. The summed E-state index contributed by atoms with van der Waals surface area (Å²) in [6.07, 6.45) is 0. The van der Waals surface area contributed by atoms with E-state index in [2.05, 4.69) is 36.4 Å². The van der Waals surface area contributed by atoms with Gasteiger partial charge < -0.3 is 0 Å². The molecule has 0 aliphatic heterocycles. The first-order chi connectivity index (χ1) is 34.7. The summed E-state index contributed by atoms with van der Waals surface area (Å²) in [4.78, 5) is 25.1. The van der Waals surface area contributed by atoms with E-state index in [1.807, 2.05) is 164 Å². The quantitative estimate of drug-likeness (QED) is 0.144. The van der Waals surface area contributed by atoms with Crippen LogP contribution in [0.25, 0.3) is 112 Å². The molecule has 0 bridgehead atoms. The van der Waals surface area contributed by atoms with E-state index in [4.69, 9.17) is 31.8 Å². The number of hydrogen-bond acceptors (Lipinski definition) is 6. The fraction of sp³-hybridized carbons (Fsp3) is 0. The van der Waals surface area contributed by atoms with Crippen LogP contribution in [-0.2, 0) is 0 Å². The average molecular weight is 848 g/mol. The minimum atomic E-state index is -0.476. The molecule has 6 nitrogen and oxygen atoms in total. The van der Waals surface area contributed by atoms with Crippen LogP contribution in [0.2, 0.25) is 0 Å². The molecular formula is C60H38N6. The first-order valence-electron chi connectivity index (χ1n) is 23.9. The molecule has 0 unspecified atom stereocenters. The van der Waals surface area contributed by atoms with Crippen LogP contribution >= 0.6 is 0 Å². The largest absolute Gasteiger partial charge is 0.228 e. The van der Waals surface area contributed by atoms with Gasteiger partial charge in [-0.2, -0.15) is 5.26 Å². The highest BCUT2D eigenvalue weighted by Crippen LogP contribution is 2.39. The Hall–Kier alpha value is -9.18. The van der Waals surface area contributed by atoms with E-state index in [1.54, 1.807) is 6.07 Å². The Morgan fingerprint density at radius 3 is 1.48 bits per heavy atom. The summed E-state index contributed by atoms with van der Waals surface area (Å²) >= 11 is 0. The molecule has 0 fully saturated rings. The lowest BCUT2D eigenvalue weighted by Gasteiger charge is -2.15. The van der Waals surface area contributed by atoms with Gasteiger partial charge in [0.25, 0.3) is 0 Å². The molecule has 2 aromatic heterocycles. The van der Waals surface area contributed by atoms with Gasteiger partial charge in [0.2, 0.25) is 0 Å². The van der Waals surface area contributed by atoms with Crippen molar-refractivity contribution in [3.63, 3.8) is 0 Å². The van der Waals surface area contributed by atoms with Crippen LogP contribution in [0.5, 0.6) is 0 Å². The van der Waals surface area contributed by atoms with Crippen molar-refractivity contribution in [1.29, 1.82) is 5.26 Å². The predicted molar refractivity (Wildman–Crippen MR) is 267 cm³/mol. The lowest BCUT2D eigenvalue weighted by molar-refractivity contribution is 1.07. The van der Waals surface area contributed by atoms with Gasteiger partial charge in [0.05, 0.1) is 29.9 Å². The molecule has 0 spiro atoms. The maximum Gasteiger partial charge on any atom is 0.164 e. The van der Waals surface area contributed by atoms with Crippen molar-refractivity contribution in [2.45, 2.75) is 0 Å². The Morgan fingerprint density at radius 2 is 0.818 bits per heavy atom. The molecular weight excluding hydrogens is 805 g/mol. The topological polar surface area (TPSA) is 88.2 Å². The number of nitrogens with zero attached hydrogens (tertiary/aromatic N) is 6. The first-order valence-corrected chi connectivity index (χ1v) is 21.4. The Kier molecular flexibility index (Phi) is 9.12. The second-order valence-electron chi connectivity index (χ2n) is 15.6. The number of hydrogen-bond donors (Lipinski definition) is 0. The van der Waals surface area contributed by atoms with Gasteiger partial charge in [0.15, 0.2) is 23.3 Å². The third kappa shape index (κ3) is 7.89. The maximum absolute atomic E-state index is 9.84. The van der Waals surface area contributed by atoms with Gasteiger partial charge in [-0.25, -0.2) is 24.9 Å². The van der Waals surface area contributed by atoms with E-state index in [0.717, 1.165) is 66.4 Å². The van der Waals surface area contributed by atoms with Gasteiger partial charge in [-0.05, 0) is 63.0 Å². The standard InChI is InChI=1S/C60H38N6/c61-39-49-33-34-51(52-27-14-13-26-50(49)52)47-24-15-25-48(36-47)60-65-58(44-22-11-4-12-23-44)64-59(66-60)45-30-28-41(29-31-45)54-37-46(40-16-5-1-6-17-40)32-35-53(54)56-38-55(42-18-7-2-8-19-42)62-57(63-56)43-20-9-3-10-21-43/h1-38H/i2D,7D,8D,18D,19D. The molecule has 308 valence electrons. The Balaban J connectivity index is 1.05. The molecule has 9 aromatic carbocycles. The van der Waals surface area contributed by atoms with Crippen LogP contribution in [0, 0.1) is 11.3 Å². The Morgan fingerprint density at radius 1 is 0.318 bits per heavy atom. The molecule has 0 atom stereocenters. The highest BCUT2D eigenvalue weighted by molar-refractivity contribution is 6.00. The van der Waals surface area contributed by atoms with Crippen molar-refractivity contribution in [2.24, 2.45) is 0 Å². The summed E-state index contributed by atoms with van der Waals surface area (Å²) in [5.41, 5.74) is 10.8. The van der Waals surface area contributed by atoms with Crippen LogP contribution in [-0.4, -0.2) is 24.9 Å². The molecule has 0 N–H and O–H groups in total. The van der Waals surface area contributed by atoms with Crippen molar-refractivity contribution in [1.82, 2.24) is 24.9 Å². The normalized spacial score (nSPS) is 12.1. The van der Waals surface area contributed by atoms with Crippen LogP contribution in [0.3, 0.4) is 0 Å². The van der Waals surface area contributed by atoms with Crippen molar-refractivity contribution in [3.05, 3.63) is 236 Å². The van der Waals surface area contributed by atoms with Crippen molar-refractivity contribution < 1.29 is 6.85 Å². The van der Waals surface area contributed by atoms with Gasteiger partial charge in [-0.15, -0.1) is 0 Å². The molecule has 66 heavy (non-hydrogen) atoms. The van der Waals surface area contributed by atoms with Crippen LogP contribution in [0.1, 0.15) is 12.4 Å². The van der Waals surface area contributed by atoms with E-state index >= 15 is 0 Å². The van der Waals surface area contributed by atoms with Crippen molar-refractivity contribution >= 4 is 10.8 Å². The summed E-state index contributed by atoms with van der Waals surface area (Å²) in [6.45, 7) is 0. The molecule has 0 aliphatic carbocycles. The fourth-order valence-electron chi connectivity index (χ4n) is 8.25. The van der Waals surface area contributed by atoms with E-state index < -0.39 is 18.1 Å². The van der Waals surface area contributed by atoms with Crippen molar-refractivity contribution in [3.8, 4) is 108 Å². The lowest BCUT2D eigenvalue weighted by Crippen LogP contribution is -2.00. The summed E-state index contributed by atoms with van der Waals surface area (Å²) in [5.74, 6) is 1.85. The zero-order valence-corrected chi connectivity index (χ0v) is 35.2. The zero-order valence-electron chi connectivity index (χ0n) is 40.2. The fourth-order valence-corrected chi connectivity index (χ4v) is 8.25. The molecule has 11 aromatic rings. The molecule has 0 aliphatic rings. The summed E-state index contributed by atoms with van der Waals surface area (Å²) < 4.78 is 42.9. The number of rotatable bonds is 9. The monoisotopic (exact) mass is 847 g/mol. The molecule has 11 rings (SSSR count). The molecule has 2 heterocycles. The smallest absolute Gasteiger partial charge is 0.164 e. The van der Waals surface area contributed by atoms with E-state index in [-0.39, 0.29) is 23.3 Å². The Labute approximate surface area is 390 Å². The van der Waals surface area contributed by atoms with Crippen molar-refractivity contribution in [2.75, 3.05) is 0 Å². The average Bonchev–Trinajstić information content (AvgIpc) is 3.44. The SMILES string of the molecule is [2H]c1c([2H])c([2H])c(-c2cc(-c3ccc(-c4ccccc4)cc3-c3ccc(-c4nc(-c5ccccc5)nc(-c5cccc(-c6ccc(C#N)c7ccccc67)c5)n4)cc3)nc(-c3ccccc3)n2)c([2H])c1[2H]. The molecule has 0 saturated carbocycles. The summed E-state index contributed by atoms with van der Waals surface area (Å²) in [7, 11) is 0. The highest BCUT2D eigenvalue weighted by Gasteiger charge is 2.18. The second kappa shape index (κ2) is 17.5. The van der Waals surface area contributed by atoms with Gasteiger partial charge in [-0.3, -0.25) is 0 Å². The van der Waals surface area contributed by atoms with E-state index in [9.17, 15) is 5.26 Å². The molecule has 6 heteroatoms. The lowest BCUT2D eigenvalue weighted by atomic mass is 9.92. The number of benzene rings is 9. The third-order valence-electron chi connectivity index (χ3n) is 11.5. The molecule has 0 amide bonds. The first kappa shape index (κ1) is 34.3. The third-order valence-corrected chi connectivity index (χ3v) is 11.5. The predicted octanol–water partition coefficient (Wildman–Crippen LogP) is 14.7. The summed E-state index contributed by atoms with van der Waals surface area (Å²) in [5, 5.41) is 11.7. The zero-order chi connectivity index (χ0) is 48.6. The summed E-state index contributed by atoms with van der Waals surface area (Å²) in [6, 6.07) is 65.4. The van der Waals surface area contributed by atoms with E-state index in [0.29, 0.717) is 40.1 Å². The van der Waals surface area contributed by atoms with Gasteiger partial charge in [-0.1, -0.05) is 206 Å². The number of nitriles is 1. The second-order valence-corrected chi connectivity index (χ2v) is 15.6. The van der Waals surface area contributed by atoms with Crippen LogP contribution in [0.4, 0.5) is 0 Å². The van der Waals surface area contributed by atoms with E-state index in [1.165, 1.54) is 0 Å². The molecule has 0 saturated heterocycles. The molecule has 0 radical (unpaired) electrons. The number of fused-ring (bicyclic) bond motifs is 1. The Bertz CT molecular complexity index is 3850. The van der Waals surface area contributed by atoms with Crippen LogP contribution in [0.15, 0.2) is 230 Å². The van der Waals surface area contributed by atoms with Gasteiger partial charge in [0.1, 0.15) is 0 Å². The maximum atomic E-state index is 9.84. The minimum absolute atomic E-state index is 0.00953. The van der Waals surface area contributed by atoms with Crippen LogP contribution < -0.4 is 0 Å².